The predicted octanol–water partition coefficient (Wildman–Crippen LogP) is 4.95. The SMILES string of the molecule is Cc1ccc(N2CCCC3(CCCN3Cc3c(F)cccc3Cl)C2=O)cc1. The van der Waals surface area contributed by atoms with E-state index in [1.807, 2.05) is 36.1 Å². The van der Waals surface area contributed by atoms with Crippen LogP contribution in [0, 0.1) is 12.7 Å². The van der Waals surface area contributed by atoms with Gasteiger partial charge in [-0.25, -0.2) is 4.39 Å². The Balaban J connectivity index is 1.64. The lowest BCUT2D eigenvalue weighted by atomic mass is 9.84. The summed E-state index contributed by atoms with van der Waals surface area (Å²) in [7, 11) is 0. The summed E-state index contributed by atoms with van der Waals surface area (Å²) in [5, 5.41) is 0.427. The maximum absolute atomic E-state index is 14.3. The van der Waals surface area contributed by atoms with E-state index in [0.717, 1.165) is 44.5 Å². The predicted molar refractivity (Wildman–Crippen MR) is 107 cm³/mol. The van der Waals surface area contributed by atoms with Crippen molar-refractivity contribution in [3.8, 4) is 0 Å². The van der Waals surface area contributed by atoms with E-state index in [-0.39, 0.29) is 11.7 Å². The van der Waals surface area contributed by atoms with Gasteiger partial charge in [-0.05, 0) is 63.4 Å². The van der Waals surface area contributed by atoms with Crippen molar-refractivity contribution in [2.45, 2.75) is 44.7 Å². The summed E-state index contributed by atoms with van der Waals surface area (Å²) < 4.78 is 14.3. The van der Waals surface area contributed by atoms with Crippen LogP contribution >= 0.6 is 11.6 Å². The first-order valence-electron chi connectivity index (χ1n) is 9.58. The molecule has 27 heavy (non-hydrogen) atoms. The molecule has 5 heteroatoms. The van der Waals surface area contributed by atoms with E-state index in [1.54, 1.807) is 12.1 Å². The molecule has 0 aliphatic carbocycles. The number of likely N-dealkylation sites (tertiary alicyclic amines) is 1. The molecule has 1 spiro atoms. The Labute approximate surface area is 164 Å². The molecular formula is C22H24ClFN2O. The molecular weight excluding hydrogens is 363 g/mol. The number of aryl methyl sites for hydroxylation is 1. The molecule has 2 fully saturated rings. The molecule has 0 aromatic heterocycles. The fourth-order valence-electron chi connectivity index (χ4n) is 4.52. The van der Waals surface area contributed by atoms with E-state index in [0.29, 0.717) is 17.1 Å². The second kappa shape index (κ2) is 7.25. The van der Waals surface area contributed by atoms with Crippen LogP contribution in [0.3, 0.4) is 0 Å². The van der Waals surface area contributed by atoms with Crippen LogP contribution in [0.25, 0.3) is 0 Å². The van der Waals surface area contributed by atoms with Crippen molar-refractivity contribution in [2.75, 3.05) is 18.0 Å². The Morgan fingerprint density at radius 1 is 1.07 bits per heavy atom. The Morgan fingerprint density at radius 3 is 2.48 bits per heavy atom. The van der Waals surface area contributed by atoms with Gasteiger partial charge in [-0.3, -0.25) is 9.69 Å². The van der Waals surface area contributed by atoms with Gasteiger partial charge in [0.2, 0.25) is 5.91 Å². The van der Waals surface area contributed by atoms with Gasteiger partial charge in [-0.2, -0.15) is 0 Å². The van der Waals surface area contributed by atoms with Gasteiger partial charge in [-0.1, -0.05) is 35.4 Å². The van der Waals surface area contributed by atoms with Crippen molar-refractivity contribution in [1.82, 2.24) is 4.90 Å². The minimum atomic E-state index is -0.547. The molecule has 2 aliphatic rings. The number of anilines is 1. The molecule has 0 N–H and O–H groups in total. The zero-order valence-corrected chi connectivity index (χ0v) is 16.3. The van der Waals surface area contributed by atoms with Crippen molar-refractivity contribution in [1.29, 1.82) is 0 Å². The third-order valence-electron chi connectivity index (χ3n) is 6.00. The van der Waals surface area contributed by atoms with Crippen molar-refractivity contribution >= 4 is 23.2 Å². The highest BCUT2D eigenvalue weighted by Crippen LogP contribution is 2.41. The molecule has 1 unspecified atom stereocenters. The molecule has 2 aromatic carbocycles. The fraction of sp³-hybridized carbons (Fsp3) is 0.409. The molecule has 2 aliphatic heterocycles. The van der Waals surface area contributed by atoms with Gasteiger partial charge in [0.15, 0.2) is 0 Å². The highest BCUT2D eigenvalue weighted by Gasteiger charge is 2.51. The summed E-state index contributed by atoms with van der Waals surface area (Å²) in [5.74, 6) is -0.161. The third-order valence-corrected chi connectivity index (χ3v) is 6.35. The second-order valence-corrected chi connectivity index (χ2v) is 8.06. The van der Waals surface area contributed by atoms with Crippen LogP contribution in [0.1, 0.15) is 36.8 Å². The number of amides is 1. The van der Waals surface area contributed by atoms with E-state index in [9.17, 15) is 9.18 Å². The molecule has 3 nitrogen and oxygen atoms in total. The summed E-state index contributed by atoms with van der Waals surface area (Å²) in [6.45, 7) is 3.94. The molecule has 142 valence electrons. The van der Waals surface area contributed by atoms with Gasteiger partial charge in [0, 0.05) is 29.4 Å². The largest absolute Gasteiger partial charge is 0.311 e. The van der Waals surface area contributed by atoms with Crippen molar-refractivity contribution < 1.29 is 9.18 Å². The van der Waals surface area contributed by atoms with Crippen LogP contribution in [0.4, 0.5) is 10.1 Å². The summed E-state index contributed by atoms with van der Waals surface area (Å²) >= 11 is 6.25. The highest BCUT2D eigenvalue weighted by molar-refractivity contribution is 6.31. The molecule has 1 amide bonds. The quantitative estimate of drug-likeness (QED) is 0.745. The smallest absolute Gasteiger partial charge is 0.247 e. The number of piperidine rings is 1. The maximum atomic E-state index is 14.3. The van der Waals surface area contributed by atoms with Gasteiger partial charge < -0.3 is 4.90 Å². The van der Waals surface area contributed by atoms with E-state index < -0.39 is 5.54 Å². The summed E-state index contributed by atoms with van der Waals surface area (Å²) in [4.78, 5) is 17.6. The molecule has 0 bridgehead atoms. The highest BCUT2D eigenvalue weighted by atomic mass is 35.5. The molecule has 1 atom stereocenters. The fourth-order valence-corrected chi connectivity index (χ4v) is 4.75. The van der Waals surface area contributed by atoms with E-state index in [1.165, 1.54) is 11.6 Å². The van der Waals surface area contributed by atoms with Crippen LogP contribution in [0.5, 0.6) is 0 Å². The summed E-state index contributed by atoms with van der Waals surface area (Å²) in [6, 6.07) is 12.9. The number of rotatable bonds is 3. The number of hydrogen-bond donors (Lipinski definition) is 0. The van der Waals surface area contributed by atoms with Crippen molar-refractivity contribution in [3.05, 3.63) is 64.4 Å². The number of carbonyl (C=O) groups excluding carboxylic acids is 1. The number of carbonyl (C=O) groups is 1. The number of nitrogens with zero attached hydrogens (tertiary/aromatic N) is 2. The summed E-state index contributed by atoms with van der Waals surface area (Å²) in [6.07, 6.45) is 3.53. The average molecular weight is 387 g/mol. The Kier molecular flexibility index (Phi) is 4.95. The first-order chi connectivity index (χ1) is 13.0. The van der Waals surface area contributed by atoms with Crippen LogP contribution in [-0.2, 0) is 11.3 Å². The normalized spacial score (nSPS) is 23.4. The van der Waals surface area contributed by atoms with Crippen molar-refractivity contribution in [3.63, 3.8) is 0 Å². The molecule has 0 saturated carbocycles. The first-order valence-corrected chi connectivity index (χ1v) is 9.96. The topological polar surface area (TPSA) is 23.6 Å². The van der Waals surface area contributed by atoms with Crippen LogP contribution in [0.15, 0.2) is 42.5 Å². The van der Waals surface area contributed by atoms with Crippen LogP contribution in [-0.4, -0.2) is 29.4 Å². The van der Waals surface area contributed by atoms with Gasteiger partial charge in [0.05, 0.1) is 0 Å². The molecule has 2 heterocycles. The zero-order chi connectivity index (χ0) is 19.0. The second-order valence-electron chi connectivity index (χ2n) is 7.65. The molecule has 2 aromatic rings. The minimum Gasteiger partial charge on any atom is -0.311 e. The number of benzene rings is 2. The average Bonchev–Trinajstić information content (AvgIpc) is 3.05. The van der Waals surface area contributed by atoms with E-state index >= 15 is 0 Å². The Hall–Kier alpha value is -1.91. The minimum absolute atomic E-state index is 0.141. The summed E-state index contributed by atoms with van der Waals surface area (Å²) in [5.41, 5.74) is 2.06. The van der Waals surface area contributed by atoms with Gasteiger partial charge in [-0.15, -0.1) is 0 Å². The number of hydrogen-bond acceptors (Lipinski definition) is 2. The van der Waals surface area contributed by atoms with Gasteiger partial charge in [0.1, 0.15) is 11.4 Å². The number of halogens is 2. The standard InChI is InChI=1S/C22H24ClFN2O/c1-16-7-9-17(10-8-16)26-14-4-12-22(21(26)27)11-3-13-25(22)15-18-19(23)5-2-6-20(18)24/h2,5-10H,3-4,11-15H2,1H3. The lowest BCUT2D eigenvalue weighted by Crippen LogP contribution is -2.60. The molecule has 2 saturated heterocycles. The maximum Gasteiger partial charge on any atom is 0.247 e. The Morgan fingerprint density at radius 2 is 1.78 bits per heavy atom. The lowest BCUT2D eigenvalue weighted by molar-refractivity contribution is -0.131. The van der Waals surface area contributed by atoms with Crippen LogP contribution < -0.4 is 4.90 Å². The molecule has 4 rings (SSSR count). The van der Waals surface area contributed by atoms with E-state index in [4.69, 9.17) is 11.6 Å². The van der Waals surface area contributed by atoms with Crippen molar-refractivity contribution in [2.24, 2.45) is 0 Å². The van der Waals surface area contributed by atoms with Gasteiger partial charge in [0.25, 0.3) is 0 Å². The van der Waals surface area contributed by atoms with E-state index in [2.05, 4.69) is 4.90 Å². The zero-order valence-electron chi connectivity index (χ0n) is 15.5. The monoisotopic (exact) mass is 386 g/mol. The Bertz CT molecular complexity index is 834. The first kappa shape index (κ1) is 18.5. The molecule has 0 radical (unpaired) electrons. The van der Waals surface area contributed by atoms with Gasteiger partial charge >= 0.3 is 0 Å². The lowest BCUT2D eigenvalue weighted by Gasteiger charge is -2.44. The van der Waals surface area contributed by atoms with Crippen LogP contribution in [0.2, 0.25) is 5.02 Å². The third kappa shape index (κ3) is 3.26.